The molecule has 0 bridgehead atoms. The molecular weight excluding hydrogens is 293 g/mol. The third-order valence-electron chi connectivity index (χ3n) is 1.70. The molecule has 0 spiro atoms. The fraction of sp³-hybridized carbons (Fsp3) is 0.222. The van der Waals surface area contributed by atoms with Crippen molar-refractivity contribution in [1.29, 1.82) is 0 Å². The Labute approximate surface area is 97.0 Å². The minimum atomic E-state index is -4.91. The summed E-state index contributed by atoms with van der Waals surface area (Å²) in [6, 6.07) is 3.66. The van der Waals surface area contributed by atoms with E-state index in [9.17, 15) is 18.0 Å². The molecule has 1 aromatic rings. The molecule has 0 fully saturated rings. The molecule has 0 saturated carbocycles. The second-order valence-corrected chi connectivity index (χ2v) is 3.34. The van der Waals surface area contributed by atoms with Gasteiger partial charge in [0.15, 0.2) is 0 Å². The summed E-state index contributed by atoms with van der Waals surface area (Å²) in [6.45, 7) is 0. The molecule has 0 aliphatic rings. The highest BCUT2D eigenvalue weighted by Gasteiger charge is 2.33. The molecule has 1 aromatic carbocycles. The first-order chi connectivity index (χ1) is 7.35. The van der Waals surface area contributed by atoms with Gasteiger partial charge in [-0.15, -0.1) is 13.2 Å². The molecule has 3 nitrogen and oxygen atoms in total. The average Bonchev–Trinajstić information content (AvgIpc) is 2.14. The Morgan fingerprint density at radius 1 is 1.44 bits per heavy atom. The summed E-state index contributed by atoms with van der Waals surface area (Å²) in [7, 11) is 0. The fourth-order valence-corrected chi connectivity index (χ4v) is 1.61. The van der Waals surface area contributed by atoms with Crippen LogP contribution in [0.25, 0.3) is 0 Å². The molecule has 0 aromatic heterocycles. The highest BCUT2D eigenvalue weighted by atomic mass is 79.9. The van der Waals surface area contributed by atoms with E-state index in [1.54, 1.807) is 0 Å². The summed E-state index contributed by atoms with van der Waals surface area (Å²) >= 11 is 2.99. The largest absolute Gasteiger partial charge is 0.573 e. The highest BCUT2D eigenvalue weighted by molar-refractivity contribution is 9.08. The van der Waals surface area contributed by atoms with Crippen molar-refractivity contribution in [2.45, 2.75) is 11.7 Å². The zero-order chi connectivity index (χ0) is 12.3. The zero-order valence-electron chi connectivity index (χ0n) is 7.71. The fourth-order valence-electron chi connectivity index (χ4n) is 1.14. The Morgan fingerprint density at radius 3 is 2.50 bits per heavy atom. The Hall–Kier alpha value is -1.24. The van der Waals surface area contributed by atoms with Crippen molar-refractivity contribution in [2.75, 3.05) is 0 Å². The summed E-state index contributed by atoms with van der Waals surface area (Å²) in [4.78, 5) is 10.8. The van der Waals surface area contributed by atoms with Gasteiger partial charge in [-0.1, -0.05) is 28.1 Å². The number of carboxylic acids is 1. The number of hydrogen-bond acceptors (Lipinski definition) is 2. The van der Waals surface area contributed by atoms with Crippen molar-refractivity contribution in [2.24, 2.45) is 0 Å². The molecule has 0 radical (unpaired) electrons. The van der Waals surface area contributed by atoms with E-state index >= 15 is 0 Å². The van der Waals surface area contributed by atoms with E-state index in [0.717, 1.165) is 6.07 Å². The van der Waals surface area contributed by atoms with E-state index < -0.39 is 23.6 Å². The van der Waals surface area contributed by atoms with Crippen LogP contribution in [0.2, 0.25) is 0 Å². The third kappa shape index (κ3) is 3.13. The maximum atomic E-state index is 12.0. The van der Waals surface area contributed by atoms with Gasteiger partial charge in [0.1, 0.15) is 11.3 Å². The van der Waals surface area contributed by atoms with Crippen LogP contribution in [0.3, 0.4) is 0 Å². The van der Waals surface area contributed by atoms with E-state index in [1.807, 2.05) is 0 Å². The number of alkyl halides is 4. The van der Waals surface area contributed by atoms with Gasteiger partial charge < -0.3 is 9.84 Å². The normalized spacial score (nSPS) is 11.2. The summed E-state index contributed by atoms with van der Waals surface area (Å²) in [5, 5.41) is 8.93. The summed E-state index contributed by atoms with van der Waals surface area (Å²) in [6.07, 6.45) is -4.91. The van der Waals surface area contributed by atoms with Crippen LogP contribution < -0.4 is 4.74 Å². The van der Waals surface area contributed by atoms with E-state index in [0.29, 0.717) is 0 Å². The highest BCUT2D eigenvalue weighted by Crippen LogP contribution is 2.29. The van der Waals surface area contributed by atoms with Crippen LogP contribution in [0, 0.1) is 0 Å². The number of ether oxygens (including phenoxy) is 1. The zero-order valence-corrected chi connectivity index (χ0v) is 9.30. The minimum absolute atomic E-state index is 0.129. The van der Waals surface area contributed by atoms with Crippen LogP contribution in [-0.2, 0) is 5.33 Å². The average molecular weight is 299 g/mol. The smallest absolute Gasteiger partial charge is 0.478 e. The SMILES string of the molecule is O=C(O)c1c(CBr)cccc1OC(F)(F)F. The monoisotopic (exact) mass is 298 g/mol. The second kappa shape index (κ2) is 4.73. The molecule has 1 rings (SSSR count). The molecule has 0 heterocycles. The lowest BCUT2D eigenvalue weighted by Gasteiger charge is -2.13. The molecule has 1 N–H and O–H groups in total. The van der Waals surface area contributed by atoms with Crippen LogP contribution in [-0.4, -0.2) is 17.4 Å². The molecule has 0 amide bonds. The molecule has 0 saturated heterocycles. The Morgan fingerprint density at radius 2 is 2.06 bits per heavy atom. The number of aromatic carboxylic acids is 1. The third-order valence-corrected chi connectivity index (χ3v) is 2.30. The summed E-state index contributed by atoms with van der Waals surface area (Å²) in [5.41, 5.74) is -0.272. The number of halogens is 4. The summed E-state index contributed by atoms with van der Waals surface area (Å²) in [5.74, 6) is -2.17. The molecule has 88 valence electrons. The van der Waals surface area contributed by atoms with Crippen molar-refractivity contribution in [1.82, 2.24) is 0 Å². The lowest BCUT2D eigenvalue weighted by molar-refractivity contribution is -0.274. The lowest BCUT2D eigenvalue weighted by Crippen LogP contribution is -2.19. The van der Waals surface area contributed by atoms with Gasteiger partial charge in [0, 0.05) is 5.33 Å². The van der Waals surface area contributed by atoms with Crippen LogP contribution >= 0.6 is 15.9 Å². The Balaban J connectivity index is 3.22. The first-order valence-electron chi connectivity index (χ1n) is 4.02. The minimum Gasteiger partial charge on any atom is -0.478 e. The predicted octanol–water partition coefficient (Wildman–Crippen LogP) is 3.18. The van der Waals surface area contributed by atoms with Crippen molar-refractivity contribution in [3.63, 3.8) is 0 Å². The van der Waals surface area contributed by atoms with Gasteiger partial charge in [-0.2, -0.15) is 0 Å². The van der Waals surface area contributed by atoms with Crippen molar-refractivity contribution >= 4 is 21.9 Å². The molecular formula is C9H6BrF3O3. The number of carbonyl (C=O) groups is 1. The van der Waals surface area contributed by atoms with Crippen LogP contribution in [0.4, 0.5) is 13.2 Å². The predicted molar refractivity (Wildman–Crippen MR) is 52.7 cm³/mol. The van der Waals surface area contributed by atoms with E-state index in [-0.39, 0.29) is 10.9 Å². The number of carboxylic acid groups (broad SMARTS) is 1. The van der Waals surface area contributed by atoms with Crippen molar-refractivity contribution in [3.8, 4) is 5.75 Å². The molecule has 16 heavy (non-hydrogen) atoms. The first-order valence-corrected chi connectivity index (χ1v) is 5.14. The van der Waals surface area contributed by atoms with Gasteiger partial charge >= 0.3 is 12.3 Å². The Kier molecular flexibility index (Phi) is 3.79. The lowest BCUT2D eigenvalue weighted by atomic mass is 10.1. The Bertz CT molecular complexity index is 403. The number of benzene rings is 1. The van der Waals surface area contributed by atoms with Crippen LogP contribution in [0.1, 0.15) is 15.9 Å². The maximum absolute atomic E-state index is 12.0. The van der Waals surface area contributed by atoms with Crippen LogP contribution in [0.15, 0.2) is 18.2 Å². The first kappa shape index (κ1) is 12.8. The van der Waals surface area contributed by atoms with E-state index in [4.69, 9.17) is 5.11 Å². The molecule has 0 aliphatic heterocycles. The molecule has 0 unspecified atom stereocenters. The van der Waals surface area contributed by atoms with Gasteiger partial charge in [-0.05, 0) is 11.6 Å². The van der Waals surface area contributed by atoms with Crippen molar-refractivity contribution in [3.05, 3.63) is 29.3 Å². The van der Waals surface area contributed by atoms with E-state index in [1.165, 1.54) is 12.1 Å². The van der Waals surface area contributed by atoms with Gasteiger partial charge in [0.2, 0.25) is 0 Å². The van der Waals surface area contributed by atoms with Crippen molar-refractivity contribution < 1.29 is 27.8 Å². The molecule has 7 heteroatoms. The summed E-state index contributed by atoms with van der Waals surface area (Å²) < 4.78 is 39.6. The molecule has 0 aliphatic carbocycles. The topological polar surface area (TPSA) is 46.5 Å². The molecule has 0 atom stereocenters. The number of hydrogen-bond donors (Lipinski definition) is 1. The van der Waals surface area contributed by atoms with Gasteiger partial charge in [0.05, 0.1) is 0 Å². The maximum Gasteiger partial charge on any atom is 0.573 e. The van der Waals surface area contributed by atoms with Gasteiger partial charge in [0.25, 0.3) is 0 Å². The standard InChI is InChI=1S/C9H6BrF3O3/c10-4-5-2-1-3-6(7(5)8(14)15)16-9(11,12)13/h1-3H,4H2,(H,14,15). The van der Waals surface area contributed by atoms with Gasteiger partial charge in [-0.25, -0.2) is 4.79 Å². The van der Waals surface area contributed by atoms with E-state index in [2.05, 4.69) is 20.7 Å². The number of rotatable bonds is 3. The van der Waals surface area contributed by atoms with Crippen LogP contribution in [0.5, 0.6) is 5.75 Å². The quantitative estimate of drug-likeness (QED) is 0.872. The second-order valence-electron chi connectivity index (χ2n) is 2.78. The van der Waals surface area contributed by atoms with Gasteiger partial charge in [-0.3, -0.25) is 0 Å².